The van der Waals surface area contributed by atoms with Crippen LogP contribution in [0.1, 0.15) is 51.7 Å². The fraction of sp³-hybridized carbons (Fsp3) is 0.455. The van der Waals surface area contributed by atoms with Crippen molar-refractivity contribution in [3.63, 3.8) is 0 Å². The number of hydrogen-bond acceptors (Lipinski definition) is 5. The molecule has 0 aromatic heterocycles. The molecule has 5 nitrogen and oxygen atoms in total. The maximum absolute atomic E-state index is 12.3. The molecule has 1 aromatic carbocycles. The molecule has 1 aromatic rings. The van der Waals surface area contributed by atoms with Crippen LogP contribution < -0.4 is 9.47 Å². The number of allylic oxidation sites excluding steroid dienone is 2. The van der Waals surface area contributed by atoms with Crippen molar-refractivity contribution in [3.05, 3.63) is 34.4 Å². The maximum Gasteiger partial charge on any atom is 0.302 e. The third-order valence-corrected chi connectivity index (χ3v) is 4.83. The van der Waals surface area contributed by atoms with E-state index in [0.29, 0.717) is 29.0 Å². The number of carbonyl (C=O) groups excluding carboxylic acids is 2. The van der Waals surface area contributed by atoms with Gasteiger partial charge in [-0.05, 0) is 33.3 Å². The number of benzene rings is 1. The zero-order valence-electron chi connectivity index (χ0n) is 16.8. The summed E-state index contributed by atoms with van der Waals surface area (Å²) in [5.74, 6) is 7.28. The van der Waals surface area contributed by atoms with Gasteiger partial charge in [-0.3, -0.25) is 9.59 Å². The van der Waals surface area contributed by atoms with E-state index in [2.05, 4.69) is 11.8 Å². The molecule has 1 aliphatic carbocycles. The Morgan fingerprint density at radius 2 is 1.85 bits per heavy atom. The number of hydrogen-bond donors (Lipinski definition) is 0. The second-order valence-corrected chi connectivity index (χ2v) is 7.10. The van der Waals surface area contributed by atoms with Gasteiger partial charge in [0.1, 0.15) is 23.9 Å². The first-order valence-electron chi connectivity index (χ1n) is 8.84. The van der Waals surface area contributed by atoms with Crippen LogP contribution in [0.5, 0.6) is 11.5 Å². The summed E-state index contributed by atoms with van der Waals surface area (Å²) in [6.07, 6.45) is 1.28. The second-order valence-electron chi connectivity index (χ2n) is 7.10. The fourth-order valence-electron chi connectivity index (χ4n) is 3.16. The molecule has 2 rings (SSSR count). The van der Waals surface area contributed by atoms with Gasteiger partial charge < -0.3 is 14.2 Å². The van der Waals surface area contributed by atoms with Crippen molar-refractivity contribution >= 4 is 11.8 Å². The van der Waals surface area contributed by atoms with Crippen LogP contribution in [0.4, 0.5) is 0 Å². The van der Waals surface area contributed by atoms with Crippen LogP contribution in [-0.2, 0) is 20.9 Å². The molecule has 0 heterocycles. The highest BCUT2D eigenvalue weighted by atomic mass is 16.5. The smallest absolute Gasteiger partial charge is 0.302 e. The van der Waals surface area contributed by atoms with Crippen LogP contribution in [-0.4, -0.2) is 26.0 Å². The van der Waals surface area contributed by atoms with E-state index in [-0.39, 0.29) is 18.4 Å². The third kappa shape index (κ3) is 4.51. The van der Waals surface area contributed by atoms with Gasteiger partial charge in [-0.15, -0.1) is 0 Å². The van der Waals surface area contributed by atoms with Crippen molar-refractivity contribution in [2.24, 2.45) is 5.41 Å². The Hall–Kier alpha value is -2.74. The number of ether oxygens (including phenoxy) is 3. The fourth-order valence-corrected chi connectivity index (χ4v) is 3.16. The molecule has 0 atom stereocenters. The number of Topliss-reactive ketones (excluding diaryl/α,β-unsaturated/α-hetero) is 1. The molecule has 27 heavy (non-hydrogen) atoms. The molecule has 5 heteroatoms. The van der Waals surface area contributed by atoms with E-state index in [9.17, 15) is 9.59 Å². The number of methoxy groups -OCH3 is 2. The molecule has 0 fully saturated rings. The number of ketones is 1. The van der Waals surface area contributed by atoms with Gasteiger partial charge in [0.15, 0.2) is 0 Å². The number of carbonyl (C=O) groups is 2. The van der Waals surface area contributed by atoms with Crippen molar-refractivity contribution in [3.8, 4) is 23.3 Å². The molecule has 0 unspecified atom stereocenters. The lowest BCUT2D eigenvalue weighted by molar-refractivity contribution is -0.142. The van der Waals surface area contributed by atoms with Crippen molar-refractivity contribution < 1.29 is 23.8 Å². The highest BCUT2D eigenvalue weighted by Gasteiger charge is 2.35. The topological polar surface area (TPSA) is 61.8 Å². The summed E-state index contributed by atoms with van der Waals surface area (Å²) in [6, 6.07) is 3.51. The summed E-state index contributed by atoms with van der Waals surface area (Å²) in [5.41, 5.74) is 2.67. The molecule has 0 radical (unpaired) electrons. The number of esters is 1. The van der Waals surface area contributed by atoms with Crippen molar-refractivity contribution in [2.75, 3.05) is 14.2 Å². The molecule has 0 bridgehead atoms. The largest absolute Gasteiger partial charge is 0.497 e. The maximum atomic E-state index is 12.3. The zero-order chi connectivity index (χ0) is 20.2. The molecule has 0 saturated heterocycles. The highest BCUT2D eigenvalue weighted by Crippen LogP contribution is 2.37. The quantitative estimate of drug-likeness (QED) is 0.595. The molecule has 0 spiro atoms. The van der Waals surface area contributed by atoms with Crippen LogP contribution in [0.15, 0.2) is 23.3 Å². The van der Waals surface area contributed by atoms with Gasteiger partial charge in [-0.2, -0.15) is 0 Å². The van der Waals surface area contributed by atoms with Gasteiger partial charge in [0.2, 0.25) is 0 Å². The Morgan fingerprint density at radius 1 is 1.15 bits per heavy atom. The summed E-state index contributed by atoms with van der Waals surface area (Å²) in [5, 5.41) is 0. The Kier molecular flexibility index (Phi) is 6.32. The zero-order valence-corrected chi connectivity index (χ0v) is 16.8. The lowest BCUT2D eigenvalue weighted by atomic mass is 9.72. The summed E-state index contributed by atoms with van der Waals surface area (Å²) in [4.78, 5) is 23.6. The second kappa shape index (κ2) is 8.30. The first-order chi connectivity index (χ1) is 12.7. The van der Waals surface area contributed by atoms with Gasteiger partial charge in [0, 0.05) is 30.5 Å². The van der Waals surface area contributed by atoms with Gasteiger partial charge in [0.25, 0.3) is 0 Å². The van der Waals surface area contributed by atoms with Crippen molar-refractivity contribution in [1.82, 2.24) is 0 Å². The lowest BCUT2D eigenvalue weighted by Crippen LogP contribution is -2.30. The van der Waals surface area contributed by atoms with E-state index in [1.54, 1.807) is 26.4 Å². The molecule has 1 aliphatic rings. The molecule has 0 aliphatic heterocycles. The molecule has 0 amide bonds. The normalized spacial score (nSPS) is 15.7. The Bertz CT molecular complexity index is 849. The minimum Gasteiger partial charge on any atom is -0.497 e. The summed E-state index contributed by atoms with van der Waals surface area (Å²) < 4.78 is 15.9. The van der Waals surface area contributed by atoms with Crippen molar-refractivity contribution in [1.29, 1.82) is 0 Å². The highest BCUT2D eigenvalue weighted by molar-refractivity contribution is 5.90. The van der Waals surface area contributed by atoms with Gasteiger partial charge in [0.05, 0.1) is 25.2 Å². The standard InChI is InChI=1S/C22H26O5/c1-14-7-10-21(24)22(3,4)19(14)9-8-18-16(13-27-15(2)23)11-17(25-5)12-20(18)26-6/h11-12H,7,10,13H2,1-6H3. The molecule has 144 valence electrons. The Morgan fingerprint density at radius 3 is 2.44 bits per heavy atom. The monoisotopic (exact) mass is 370 g/mol. The summed E-state index contributed by atoms with van der Waals surface area (Å²) in [6.45, 7) is 7.25. The van der Waals surface area contributed by atoms with Crippen LogP contribution in [0, 0.1) is 17.3 Å². The minimum absolute atomic E-state index is 0.0628. The summed E-state index contributed by atoms with van der Waals surface area (Å²) in [7, 11) is 3.11. The van der Waals surface area contributed by atoms with Gasteiger partial charge in [-0.25, -0.2) is 0 Å². The van der Waals surface area contributed by atoms with Crippen LogP contribution >= 0.6 is 0 Å². The van der Waals surface area contributed by atoms with Crippen molar-refractivity contribution in [2.45, 2.75) is 47.1 Å². The lowest BCUT2D eigenvalue weighted by Gasteiger charge is -2.29. The first kappa shape index (κ1) is 20.6. The molecular formula is C22H26O5. The van der Waals surface area contributed by atoms with E-state index >= 15 is 0 Å². The summed E-state index contributed by atoms with van der Waals surface area (Å²) >= 11 is 0. The van der Waals surface area contributed by atoms with E-state index < -0.39 is 5.41 Å². The van der Waals surface area contributed by atoms with Crippen LogP contribution in [0.25, 0.3) is 0 Å². The SMILES string of the molecule is COc1cc(COC(C)=O)c(C#CC2=C(C)CCC(=O)C2(C)C)c(OC)c1. The predicted molar refractivity (Wildman–Crippen MR) is 103 cm³/mol. The Labute approximate surface area is 160 Å². The molecular weight excluding hydrogens is 344 g/mol. The van der Waals surface area contributed by atoms with Gasteiger partial charge in [-0.1, -0.05) is 17.4 Å². The third-order valence-electron chi connectivity index (χ3n) is 4.83. The average molecular weight is 370 g/mol. The van der Waals surface area contributed by atoms with E-state index in [1.165, 1.54) is 6.92 Å². The average Bonchev–Trinajstić information content (AvgIpc) is 2.63. The molecule has 0 N–H and O–H groups in total. The number of rotatable bonds is 4. The Balaban J connectivity index is 2.56. The van der Waals surface area contributed by atoms with E-state index in [1.807, 2.05) is 20.8 Å². The van der Waals surface area contributed by atoms with E-state index in [0.717, 1.165) is 17.6 Å². The van der Waals surface area contributed by atoms with E-state index in [4.69, 9.17) is 14.2 Å². The van der Waals surface area contributed by atoms with Crippen LogP contribution in [0.2, 0.25) is 0 Å². The first-order valence-corrected chi connectivity index (χ1v) is 8.84. The minimum atomic E-state index is -0.606. The van der Waals surface area contributed by atoms with Crippen LogP contribution in [0.3, 0.4) is 0 Å². The van der Waals surface area contributed by atoms with Gasteiger partial charge >= 0.3 is 5.97 Å². The predicted octanol–water partition coefficient (Wildman–Crippen LogP) is 3.82. The molecule has 0 saturated carbocycles.